The van der Waals surface area contributed by atoms with E-state index in [1.54, 1.807) is 21.3 Å². The summed E-state index contributed by atoms with van der Waals surface area (Å²) < 4.78 is 54.8. The maximum absolute atomic E-state index is 12.5. The monoisotopic (exact) mass is 918 g/mol. The van der Waals surface area contributed by atoms with Crippen molar-refractivity contribution in [2.24, 2.45) is 0 Å². The van der Waals surface area contributed by atoms with Crippen LogP contribution in [-0.4, -0.2) is 164 Å². The highest BCUT2D eigenvalue weighted by atomic mass is 16.6. The summed E-state index contributed by atoms with van der Waals surface area (Å²) in [5.41, 5.74) is -0.775. The van der Waals surface area contributed by atoms with Crippen LogP contribution in [0.2, 0.25) is 0 Å². The van der Waals surface area contributed by atoms with Crippen molar-refractivity contribution in [3.05, 3.63) is 121 Å². The Morgan fingerprint density at radius 3 is 1.09 bits per heavy atom. The number of rotatable bonds is 29. The summed E-state index contributed by atoms with van der Waals surface area (Å²) in [6.07, 6.45) is 1.87. The molecule has 356 valence electrons. The van der Waals surface area contributed by atoms with Gasteiger partial charge in [0.2, 0.25) is 0 Å². The van der Waals surface area contributed by atoms with E-state index >= 15 is 0 Å². The number of methoxy groups -OCH3 is 3. The number of carbonyl (C=O) groups is 8. The van der Waals surface area contributed by atoms with Crippen molar-refractivity contribution in [2.75, 3.05) is 87.4 Å². The first-order chi connectivity index (χ1) is 31.1. The van der Waals surface area contributed by atoms with Gasteiger partial charge in [-0.3, -0.25) is 0 Å². The highest BCUT2D eigenvalue weighted by molar-refractivity contribution is 6.03. The summed E-state index contributed by atoms with van der Waals surface area (Å²) in [6, 6.07) is 11.0. The Morgan fingerprint density at radius 2 is 0.785 bits per heavy atom. The molecule has 21 heteroatoms. The minimum absolute atomic E-state index is 0.0241. The zero-order valence-corrected chi connectivity index (χ0v) is 36.2. The average Bonchev–Trinajstić information content (AvgIpc) is 3.31. The zero-order chi connectivity index (χ0) is 49.0. The topological polar surface area (TPSA) is 279 Å². The molecule has 0 radical (unpaired) electrons. The quantitative estimate of drug-likeness (QED) is 0.0513. The Kier molecular flexibility index (Phi) is 31.6. The smallest absolute Gasteiger partial charge is 0.339 e. The molecule has 0 aliphatic heterocycles. The second-order valence-corrected chi connectivity index (χ2v) is 12.1. The predicted octanol–water partition coefficient (Wildman–Crippen LogP) is 3.06. The fourth-order valence-corrected chi connectivity index (χ4v) is 4.33. The van der Waals surface area contributed by atoms with Gasteiger partial charge in [0.25, 0.3) is 0 Å². The van der Waals surface area contributed by atoms with Gasteiger partial charge in [0, 0.05) is 45.6 Å². The van der Waals surface area contributed by atoms with E-state index in [1.165, 1.54) is 48.5 Å². The lowest BCUT2D eigenvalue weighted by molar-refractivity contribution is -0.147. The summed E-state index contributed by atoms with van der Waals surface area (Å²) >= 11 is 0. The molecule has 0 aliphatic rings. The molecule has 0 atom stereocenters. The third-order valence-electron chi connectivity index (χ3n) is 7.38. The Balaban J connectivity index is 0.00000107. The van der Waals surface area contributed by atoms with E-state index in [4.69, 9.17) is 57.2 Å². The van der Waals surface area contributed by atoms with Gasteiger partial charge in [-0.15, -0.1) is 0 Å². The van der Waals surface area contributed by atoms with Crippen LogP contribution < -0.4 is 0 Å². The molecule has 0 aliphatic carbocycles. The first kappa shape index (κ1) is 58.0. The maximum atomic E-state index is 12.5. The van der Waals surface area contributed by atoms with Gasteiger partial charge in [-0.25, -0.2) is 38.4 Å². The average molecular weight is 919 g/mol. The van der Waals surface area contributed by atoms with E-state index in [-0.39, 0.29) is 68.0 Å². The third kappa shape index (κ3) is 26.2. The molecule has 0 spiro atoms. The summed E-state index contributed by atoms with van der Waals surface area (Å²) in [6.45, 7) is 13.1. The summed E-state index contributed by atoms with van der Waals surface area (Å²) in [5.74, 6) is -7.14. The van der Waals surface area contributed by atoms with E-state index in [9.17, 15) is 43.5 Å². The number of carboxylic acid groups (broad SMARTS) is 2. The van der Waals surface area contributed by atoms with Gasteiger partial charge in [-0.2, -0.15) is 0 Å². The van der Waals surface area contributed by atoms with E-state index in [2.05, 4.69) is 26.3 Å². The lowest BCUT2D eigenvalue weighted by atomic mass is 10.1. The molecule has 2 aromatic rings. The van der Waals surface area contributed by atoms with Crippen LogP contribution in [0.15, 0.2) is 99.2 Å². The molecule has 0 saturated carbocycles. The van der Waals surface area contributed by atoms with Crippen LogP contribution in [0.5, 0.6) is 0 Å². The molecule has 0 unspecified atom stereocenters. The highest BCUT2D eigenvalue weighted by Crippen LogP contribution is 2.14. The van der Waals surface area contributed by atoms with Gasteiger partial charge < -0.3 is 62.3 Å². The van der Waals surface area contributed by atoms with Crippen molar-refractivity contribution in [1.82, 2.24) is 0 Å². The molecule has 0 fully saturated rings. The summed E-state index contributed by atoms with van der Waals surface area (Å²) in [5, 5.41) is 18.3. The van der Waals surface area contributed by atoms with Crippen LogP contribution in [0.3, 0.4) is 0 Å². The van der Waals surface area contributed by atoms with Gasteiger partial charge in [0.15, 0.2) is 6.10 Å². The second-order valence-electron chi connectivity index (χ2n) is 12.1. The lowest BCUT2D eigenvalue weighted by Gasteiger charge is -2.19. The fourth-order valence-electron chi connectivity index (χ4n) is 4.33. The molecule has 0 saturated heterocycles. The molecule has 2 rings (SSSR count). The number of carboxylic acids is 2. The number of esters is 6. The van der Waals surface area contributed by atoms with Gasteiger partial charge in [0.1, 0.15) is 38.6 Å². The van der Waals surface area contributed by atoms with Gasteiger partial charge in [-0.05, 0) is 24.3 Å². The molecular weight excluding hydrogens is 864 g/mol. The van der Waals surface area contributed by atoms with Crippen LogP contribution in [0.25, 0.3) is 0 Å². The van der Waals surface area contributed by atoms with E-state index < -0.39 is 73.2 Å². The van der Waals surface area contributed by atoms with Crippen LogP contribution in [0.1, 0.15) is 41.4 Å². The molecule has 65 heavy (non-hydrogen) atoms. The van der Waals surface area contributed by atoms with Crippen molar-refractivity contribution < 1.29 is 101 Å². The molecular formula is C44H54O21. The molecule has 0 heterocycles. The van der Waals surface area contributed by atoms with E-state index in [0.717, 1.165) is 24.3 Å². The minimum atomic E-state index is -1.31. The first-order valence-corrected chi connectivity index (χ1v) is 19.0. The number of ether oxygens (including phenoxy) is 11. The van der Waals surface area contributed by atoms with Crippen molar-refractivity contribution in [3.8, 4) is 0 Å². The molecule has 0 bridgehead atoms. The van der Waals surface area contributed by atoms with Crippen molar-refractivity contribution >= 4 is 47.8 Å². The Hall–Kier alpha value is -7.04. The second kappa shape index (κ2) is 35.4. The molecule has 21 nitrogen and oxygen atoms in total. The number of aromatic carboxylic acids is 2. The van der Waals surface area contributed by atoms with E-state index in [0.29, 0.717) is 13.2 Å². The van der Waals surface area contributed by atoms with Crippen LogP contribution in [0.4, 0.5) is 0 Å². The molecule has 0 amide bonds. The number of benzene rings is 2. The predicted molar refractivity (Wildman–Crippen MR) is 226 cm³/mol. The SMILES string of the molecule is C=CC(=O)OCC(COC(=O)C=C)OC(=O)c1ccccc1C(=O)O.C=CC(=O)OCCOCC(COCCOC(=O)C=C)OC(=O)c1ccccc1C(=O)O.COCC(COC)OC. The summed E-state index contributed by atoms with van der Waals surface area (Å²) in [4.78, 5) is 91.4. The number of hydrogen-bond acceptors (Lipinski definition) is 19. The Labute approximate surface area is 375 Å². The third-order valence-corrected chi connectivity index (χ3v) is 7.38. The number of hydrogen-bond donors (Lipinski definition) is 2. The lowest BCUT2D eigenvalue weighted by Crippen LogP contribution is -2.31. The largest absolute Gasteiger partial charge is 0.478 e. The zero-order valence-electron chi connectivity index (χ0n) is 36.2. The van der Waals surface area contributed by atoms with Gasteiger partial charge in [0.05, 0.1) is 61.9 Å². The molecule has 2 N–H and O–H groups in total. The van der Waals surface area contributed by atoms with Gasteiger partial charge in [-0.1, -0.05) is 50.6 Å². The number of carbonyl (C=O) groups excluding carboxylic acids is 6. The minimum Gasteiger partial charge on any atom is -0.478 e. The van der Waals surface area contributed by atoms with E-state index in [1.807, 2.05) is 0 Å². The maximum Gasteiger partial charge on any atom is 0.339 e. The van der Waals surface area contributed by atoms with Crippen molar-refractivity contribution in [1.29, 1.82) is 0 Å². The van der Waals surface area contributed by atoms with Crippen LogP contribution >= 0.6 is 0 Å². The summed E-state index contributed by atoms with van der Waals surface area (Å²) in [7, 11) is 4.92. The highest BCUT2D eigenvalue weighted by Gasteiger charge is 2.24. The van der Waals surface area contributed by atoms with Crippen molar-refractivity contribution in [3.63, 3.8) is 0 Å². The fraction of sp³-hybridized carbons (Fsp3) is 0.364. The first-order valence-electron chi connectivity index (χ1n) is 19.0. The Bertz CT molecular complexity index is 1810. The van der Waals surface area contributed by atoms with Gasteiger partial charge >= 0.3 is 47.8 Å². The normalized spacial score (nSPS) is 10.1. The molecule has 0 aromatic heterocycles. The van der Waals surface area contributed by atoms with Crippen LogP contribution in [-0.2, 0) is 71.3 Å². The Morgan fingerprint density at radius 1 is 0.462 bits per heavy atom. The van der Waals surface area contributed by atoms with Crippen LogP contribution in [0, 0.1) is 0 Å². The standard InChI is InChI=1S/C21H24O10.C17H16O8.C6H14O3/c1-3-18(22)29-11-9-27-13-15(14-28-10-12-30-19(23)4-2)31-21(26)17-8-6-5-7-16(17)20(24)25;1-3-14(18)23-9-11(10-24-15(19)4-2)25-17(22)13-8-6-5-7-12(13)16(20)21;1-7-4-6(9-3)5-8-2/h3-8,15H,1-2,9-14H2,(H,24,25);3-8,11H,1-2,9-10H2,(H,20,21);6H,4-5H2,1-3H3. The van der Waals surface area contributed by atoms with Crippen molar-refractivity contribution in [2.45, 2.75) is 18.3 Å². The molecule has 2 aromatic carbocycles.